The van der Waals surface area contributed by atoms with Crippen LogP contribution in [-0.4, -0.2) is 64.5 Å². The fraction of sp³-hybridized carbons (Fsp3) is 0.714. The predicted octanol–water partition coefficient (Wildman–Crippen LogP) is 3.81. The zero-order valence-corrected chi connectivity index (χ0v) is 17.0. The minimum atomic E-state index is 0.643. The highest BCUT2D eigenvalue weighted by atomic mass is 15.1. The molecule has 2 saturated heterocycles. The third kappa shape index (κ3) is 4.44. The predicted molar refractivity (Wildman–Crippen MR) is 109 cm³/mol. The van der Waals surface area contributed by atoms with Gasteiger partial charge in [0, 0.05) is 12.7 Å². The molecule has 0 aliphatic carbocycles. The molecule has 5 nitrogen and oxygen atoms in total. The Hall–Kier alpha value is -1.46. The Balaban J connectivity index is 0.000000948. The first-order valence-electron chi connectivity index (χ1n) is 10.4. The number of nitrogens with one attached hydrogen (secondary N) is 1. The van der Waals surface area contributed by atoms with E-state index in [1.807, 2.05) is 27.0 Å². The lowest BCUT2D eigenvalue weighted by atomic mass is 9.88. The molecule has 2 aliphatic rings. The molecule has 4 rings (SSSR count). The number of piperidine rings is 2. The van der Waals surface area contributed by atoms with Crippen LogP contribution in [0.2, 0.25) is 0 Å². The lowest BCUT2D eigenvalue weighted by molar-refractivity contribution is 0.139. The summed E-state index contributed by atoms with van der Waals surface area (Å²) in [6.45, 7) is 12.3. The zero-order valence-electron chi connectivity index (χ0n) is 17.0. The van der Waals surface area contributed by atoms with Crippen LogP contribution in [0.25, 0.3) is 11.2 Å². The van der Waals surface area contributed by atoms with Crippen molar-refractivity contribution in [2.24, 2.45) is 5.92 Å². The van der Waals surface area contributed by atoms with Crippen molar-refractivity contribution in [3.63, 3.8) is 0 Å². The second-order valence-electron chi connectivity index (χ2n) is 7.74. The fourth-order valence-corrected chi connectivity index (χ4v) is 4.42. The van der Waals surface area contributed by atoms with E-state index in [9.17, 15) is 0 Å². The molecule has 0 radical (unpaired) electrons. The van der Waals surface area contributed by atoms with Crippen molar-refractivity contribution in [1.29, 1.82) is 0 Å². The van der Waals surface area contributed by atoms with Gasteiger partial charge in [-0.3, -0.25) is 0 Å². The molecule has 1 N–H and O–H groups in total. The van der Waals surface area contributed by atoms with Crippen molar-refractivity contribution in [1.82, 2.24) is 24.8 Å². The number of likely N-dealkylation sites (tertiary alicyclic amines) is 2. The van der Waals surface area contributed by atoms with Gasteiger partial charge in [-0.15, -0.1) is 0 Å². The van der Waals surface area contributed by atoms with Gasteiger partial charge in [-0.05, 0) is 89.3 Å². The van der Waals surface area contributed by atoms with Crippen LogP contribution < -0.4 is 0 Å². The largest absolute Gasteiger partial charge is 0.341 e. The van der Waals surface area contributed by atoms with Gasteiger partial charge >= 0.3 is 0 Å². The van der Waals surface area contributed by atoms with E-state index in [4.69, 9.17) is 0 Å². The monoisotopic (exact) mass is 357 g/mol. The van der Waals surface area contributed by atoms with Crippen molar-refractivity contribution in [2.45, 2.75) is 52.4 Å². The number of hydrogen-bond donors (Lipinski definition) is 1. The van der Waals surface area contributed by atoms with E-state index >= 15 is 0 Å². The first-order valence-corrected chi connectivity index (χ1v) is 10.4. The number of hydrogen-bond acceptors (Lipinski definition) is 4. The van der Waals surface area contributed by atoms with Gasteiger partial charge in [0.25, 0.3) is 0 Å². The van der Waals surface area contributed by atoms with E-state index in [0.717, 1.165) is 22.9 Å². The number of imidazole rings is 1. The fourth-order valence-electron chi connectivity index (χ4n) is 4.42. The topological polar surface area (TPSA) is 48.1 Å². The van der Waals surface area contributed by atoms with Gasteiger partial charge in [0.2, 0.25) is 0 Å². The summed E-state index contributed by atoms with van der Waals surface area (Å²) >= 11 is 0. The first kappa shape index (κ1) is 19.3. The minimum absolute atomic E-state index is 0.643. The highest BCUT2D eigenvalue weighted by Gasteiger charge is 2.25. The van der Waals surface area contributed by atoms with Gasteiger partial charge in [0.1, 0.15) is 5.82 Å². The molecule has 144 valence electrons. The van der Waals surface area contributed by atoms with Crippen molar-refractivity contribution < 1.29 is 0 Å². The number of pyridine rings is 1. The van der Waals surface area contributed by atoms with E-state index in [0.29, 0.717) is 5.92 Å². The molecule has 0 atom stereocenters. The van der Waals surface area contributed by atoms with Crippen molar-refractivity contribution in [2.75, 3.05) is 39.8 Å². The van der Waals surface area contributed by atoms with E-state index in [1.165, 1.54) is 64.0 Å². The Kier molecular flexibility index (Phi) is 6.65. The molecule has 2 aliphatic heterocycles. The Morgan fingerprint density at radius 1 is 1.08 bits per heavy atom. The molecular formula is C21H35N5. The molecule has 5 heteroatoms. The third-order valence-corrected chi connectivity index (χ3v) is 5.92. The van der Waals surface area contributed by atoms with Crippen LogP contribution >= 0.6 is 0 Å². The quantitative estimate of drug-likeness (QED) is 0.907. The Bertz CT molecular complexity index is 679. The summed E-state index contributed by atoms with van der Waals surface area (Å²) in [6, 6.07) is 2.19. The molecule has 0 aromatic carbocycles. The Morgan fingerprint density at radius 3 is 2.46 bits per heavy atom. The number of nitrogens with zero attached hydrogens (tertiary/aromatic N) is 4. The molecule has 0 saturated carbocycles. The Labute approximate surface area is 158 Å². The van der Waals surface area contributed by atoms with Crippen LogP contribution in [0, 0.1) is 12.8 Å². The van der Waals surface area contributed by atoms with Crippen LogP contribution in [0.5, 0.6) is 0 Å². The van der Waals surface area contributed by atoms with Crippen LogP contribution in [0.3, 0.4) is 0 Å². The third-order valence-electron chi connectivity index (χ3n) is 5.92. The summed E-state index contributed by atoms with van der Waals surface area (Å²) in [4.78, 5) is 17.5. The summed E-state index contributed by atoms with van der Waals surface area (Å²) in [6.07, 6.45) is 7.17. The average molecular weight is 358 g/mol. The van der Waals surface area contributed by atoms with Gasteiger partial charge in [-0.1, -0.05) is 13.8 Å². The Morgan fingerprint density at radius 2 is 1.77 bits per heavy atom. The molecule has 2 aromatic heterocycles. The number of aryl methyl sites for hydroxylation is 1. The number of fused-ring (bicyclic) bond motifs is 1. The standard InChI is InChI=1S/C19H29N5.C2H6/c1-14-21-18-17(3-8-20-19(18)22-14)16-6-11-24(12-7-16)13-15-4-9-23(2)10-5-15;1-2/h3,8,15-16H,4-7,9-13H2,1-2H3,(H,20,21,22);1-2H3. The average Bonchev–Trinajstić information content (AvgIpc) is 3.06. The highest BCUT2D eigenvalue weighted by molar-refractivity contribution is 5.75. The molecule has 0 spiro atoms. The summed E-state index contributed by atoms with van der Waals surface area (Å²) in [5.41, 5.74) is 3.45. The minimum Gasteiger partial charge on any atom is -0.341 e. The van der Waals surface area contributed by atoms with Gasteiger partial charge in [-0.25, -0.2) is 9.97 Å². The smallest absolute Gasteiger partial charge is 0.177 e. The molecule has 2 aromatic rings. The van der Waals surface area contributed by atoms with Gasteiger partial charge in [0.05, 0.1) is 5.52 Å². The lowest BCUT2D eigenvalue weighted by Crippen LogP contribution is -2.40. The van der Waals surface area contributed by atoms with Crippen LogP contribution in [0.1, 0.15) is 56.8 Å². The number of H-pyrrole nitrogens is 1. The molecule has 2 fully saturated rings. The molecule has 4 heterocycles. The van der Waals surface area contributed by atoms with E-state index in [2.05, 4.69) is 37.9 Å². The maximum Gasteiger partial charge on any atom is 0.177 e. The zero-order chi connectivity index (χ0) is 18.5. The highest BCUT2D eigenvalue weighted by Crippen LogP contribution is 2.32. The van der Waals surface area contributed by atoms with Crippen molar-refractivity contribution in [3.8, 4) is 0 Å². The van der Waals surface area contributed by atoms with E-state index < -0.39 is 0 Å². The number of aromatic nitrogens is 3. The van der Waals surface area contributed by atoms with Crippen LogP contribution in [0.15, 0.2) is 12.3 Å². The second-order valence-corrected chi connectivity index (χ2v) is 7.74. The summed E-state index contributed by atoms with van der Waals surface area (Å²) < 4.78 is 0. The maximum atomic E-state index is 4.49. The number of rotatable bonds is 3. The molecule has 26 heavy (non-hydrogen) atoms. The summed E-state index contributed by atoms with van der Waals surface area (Å²) in [7, 11) is 2.24. The SMILES string of the molecule is CC.Cc1nc2nccc(C3CCN(CC4CCN(C)CC4)CC3)c2[nH]1. The van der Waals surface area contributed by atoms with Crippen molar-refractivity contribution in [3.05, 3.63) is 23.7 Å². The van der Waals surface area contributed by atoms with E-state index in [-0.39, 0.29) is 0 Å². The van der Waals surface area contributed by atoms with Gasteiger partial charge < -0.3 is 14.8 Å². The molecule has 0 bridgehead atoms. The molecule has 0 amide bonds. The molecule has 0 unspecified atom stereocenters. The lowest BCUT2D eigenvalue weighted by Gasteiger charge is -2.37. The number of aromatic amines is 1. The molecular weight excluding hydrogens is 322 g/mol. The second kappa shape index (κ2) is 8.96. The van der Waals surface area contributed by atoms with E-state index in [1.54, 1.807) is 0 Å². The van der Waals surface area contributed by atoms with Gasteiger partial charge in [-0.2, -0.15) is 0 Å². The normalized spacial score (nSPS) is 20.9. The van der Waals surface area contributed by atoms with Gasteiger partial charge in [0.15, 0.2) is 5.65 Å². The summed E-state index contributed by atoms with van der Waals surface area (Å²) in [5.74, 6) is 2.51. The van der Waals surface area contributed by atoms with Crippen LogP contribution in [0.4, 0.5) is 0 Å². The maximum absolute atomic E-state index is 4.49. The van der Waals surface area contributed by atoms with Crippen molar-refractivity contribution >= 4 is 11.2 Å². The van der Waals surface area contributed by atoms with Crippen LogP contribution in [-0.2, 0) is 0 Å². The summed E-state index contributed by atoms with van der Waals surface area (Å²) in [5, 5.41) is 0. The first-order chi connectivity index (χ1) is 12.7.